The quantitative estimate of drug-likeness (QED) is 0.893. The number of ether oxygens (including phenoxy) is 2. The van der Waals surface area contributed by atoms with Crippen molar-refractivity contribution in [3.05, 3.63) is 24.3 Å². The summed E-state index contributed by atoms with van der Waals surface area (Å²) in [5, 5.41) is 3.35. The minimum Gasteiger partial charge on any atom is -0.489 e. The summed E-state index contributed by atoms with van der Waals surface area (Å²) in [6.07, 6.45) is 2.62. The highest BCUT2D eigenvalue weighted by Gasteiger charge is 2.15. The number of benzene rings is 1. The molecule has 0 aromatic heterocycles. The summed E-state index contributed by atoms with van der Waals surface area (Å²) >= 11 is 0. The lowest BCUT2D eigenvalue weighted by molar-refractivity contribution is 0.130. The van der Waals surface area contributed by atoms with E-state index in [1.807, 2.05) is 45.0 Å². The van der Waals surface area contributed by atoms with E-state index >= 15 is 0 Å². The van der Waals surface area contributed by atoms with Crippen LogP contribution in [-0.4, -0.2) is 24.8 Å². The molecule has 1 N–H and O–H groups in total. The Balaban J connectivity index is 1.90. The van der Waals surface area contributed by atoms with Crippen LogP contribution in [0.2, 0.25) is 0 Å². The van der Waals surface area contributed by atoms with E-state index in [2.05, 4.69) is 5.32 Å². The Kier molecular flexibility index (Phi) is 4.12. The van der Waals surface area contributed by atoms with Gasteiger partial charge in [-0.3, -0.25) is 0 Å². The zero-order valence-corrected chi connectivity index (χ0v) is 11.5. The molecule has 0 amide bonds. The van der Waals surface area contributed by atoms with Crippen LogP contribution in [0, 0.1) is 0 Å². The first-order chi connectivity index (χ1) is 8.53. The minimum atomic E-state index is -0.157. The second kappa shape index (κ2) is 5.61. The van der Waals surface area contributed by atoms with E-state index < -0.39 is 0 Å². The zero-order chi connectivity index (χ0) is 13.0. The summed E-state index contributed by atoms with van der Waals surface area (Å²) in [6.45, 7) is 8.19. The lowest BCUT2D eigenvalue weighted by atomic mass is 10.1. The first-order valence-electron chi connectivity index (χ1n) is 6.69. The lowest BCUT2D eigenvalue weighted by Crippen LogP contribution is -2.37. The minimum absolute atomic E-state index is 0.157. The Morgan fingerprint density at radius 1 is 1.11 bits per heavy atom. The number of hydrogen-bond donors (Lipinski definition) is 1. The first-order valence-corrected chi connectivity index (χ1v) is 6.69. The number of hydrogen-bond acceptors (Lipinski definition) is 3. The van der Waals surface area contributed by atoms with Gasteiger partial charge in [0.2, 0.25) is 0 Å². The third kappa shape index (κ3) is 4.22. The molecule has 0 spiro atoms. The summed E-state index contributed by atoms with van der Waals surface area (Å²) in [4.78, 5) is 0. The molecule has 0 aliphatic carbocycles. The molecule has 1 aliphatic rings. The van der Waals surface area contributed by atoms with Gasteiger partial charge in [0.05, 0.1) is 0 Å². The summed E-state index contributed by atoms with van der Waals surface area (Å²) in [6, 6.07) is 7.90. The molecule has 0 radical (unpaired) electrons. The topological polar surface area (TPSA) is 30.5 Å². The van der Waals surface area contributed by atoms with Gasteiger partial charge < -0.3 is 14.8 Å². The second-order valence-corrected chi connectivity index (χ2v) is 5.77. The van der Waals surface area contributed by atoms with Crippen molar-refractivity contribution < 1.29 is 9.47 Å². The highest BCUT2D eigenvalue weighted by Crippen LogP contribution is 2.23. The smallest absolute Gasteiger partial charge is 0.120 e. The van der Waals surface area contributed by atoms with E-state index in [1.165, 1.54) is 6.42 Å². The van der Waals surface area contributed by atoms with E-state index in [0.717, 1.165) is 31.0 Å². The van der Waals surface area contributed by atoms with Gasteiger partial charge in [0, 0.05) is 6.54 Å². The van der Waals surface area contributed by atoms with Gasteiger partial charge in [0.25, 0.3) is 0 Å². The van der Waals surface area contributed by atoms with Crippen molar-refractivity contribution in [1.82, 2.24) is 5.32 Å². The monoisotopic (exact) mass is 249 g/mol. The standard InChI is InChI=1S/C15H23NO2/c1-15(2,3)18-13-8-6-12(7-9-13)17-14-5-4-10-16-11-14/h6-9,14,16H,4-5,10-11H2,1-3H3/t14-/m0/s1. The van der Waals surface area contributed by atoms with Gasteiger partial charge in [-0.2, -0.15) is 0 Å². The van der Waals surface area contributed by atoms with Crippen LogP contribution in [0.5, 0.6) is 11.5 Å². The molecular weight excluding hydrogens is 226 g/mol. The van der Waals surface area contributed by atoms with Crippen LogP contribution < -0.4 is 14.8 Å². The molecule has 1 aliphatic heterocycles. The predicted octanol–water partition coefficient (Wildman–Crippen LogP) is 2.99. The van der Waals surface area contributed by atoms with E-state index in [-0.39, 0.29) is 5.60 Å². The Morgan fingerprint density at radius 3 is 2.33 bits per heavy atom. The van der Waals surface area contributed by atoms with Gasteiger partial charge in [-0.05, 0) is 64.4 Å². The van der Waals surface area contributed by atoms with Crippen LogP contribution in [0.15, 0.2) is 24.3 Å². The molecule has 3 heteroatoms. The average Bonchev–Trinajstić information content (AvgIpc) is 2.31. The van der Waals surface area contributed by atoms with Crippen LogP contribution in [0.4, 0.5) is 0 Å². The van der Waals surface area contributed by atoms with E-state index in [0.29, 0.717) is 6.10 Å². The van der Waals surface area contributed by atoms with Crippen molar-refractivity contribution >= 4 is 0 Å². The summed E-state index contributed by atoms with van der Waals surface area (Å²) in [5.41, 5.74) is -0.157. The molecule has 0 bridgehead atoms. The fraction of sp³-hybridized carbons (Fsp3) is 0.600. The molecule has 1 atom stereocenters. The van der Waals surface area contributed by atoms with E-state index in [9.17, 15) is 0 Å². The van der Waals surface area contributed by atoms with Gasteiger partial charge in [-0.1, -0.05) is 0 Å². The van der Waals surface area contributed by atoms with E-state index in [1.54, 1.807) is 0 Å². The molecule has 18 heavy (non-hydrogen) atoms. The van der Waals surface area contributed by atoms with Crippen LogP contribution in [0.1, 0.15) is 33.6 Å². The number of piperidine rings is 1. The molecule has 100 valence electrons. The van der Waals surface area contributed by atoms with Crippen LogP contribution in [0.25, 0.3) is 0 Å². The predicted molar refractivity (Wildman–Crippen MR) is 73.3 cm³/mol. The maximum absolute atomic E-state index is 5.92. The van der Waals surface area contributed by atoms with Crippen molar-refractivity contribution in [2.75, 3.05) is 13.1 Å². The molecule has 0 saturated carbocycles. The fourth-order valence-corrected chi connectivity index (χ4v) is 2.05. The molecule has 2 rings (SSSR count). The van der Waals surface area contributed by atoms with E-state index in [4.69, 9.17) is 9.47 Å². The second-order valence-electron chi connectivity index (χ2n) is 5.77. The van der Waals surface area contributed by atoms with Gasteiger partial charge in [-0.15, -0.1) is 0 Å². The largest absolute Gasteiger partial charge is 0.489 e. The third-order valence-electron chi connectivity index (χ3n) is 2.80. The Hall–Kier alpha value is -1.22. The van der Waals surface area contributed by atoms with Crippen molar-refractivity contribution in [1.29, 1.82) is 0 Å². The molecule has 0 unspecified atom stereocenters. The normalized spacial score (nSPS) is 20.5. The molecule has 1 saturated heterocycles. The SMILES string of the molecule is CC(C)(C)Oc1ccc(O[C@H]2CCCNC2)cc1. The Bertz CT molecular complexity index is 361. The maximum atomic E-state index is 5.92. The average molecular weight is 249 g/mol. The van der Waals surface area contributed by atoms with Gasteiger partial charge in [0.15, 0.2) is 0 Å². The summed E-state index contributed by atoms with van der Waals surface area (Å²) in [7, 11) is 0. The molecule has 1 heterocycles. The van der Waals surface area contributed by atoms with Crippen LogP contribution >= 0.6 is 0 Å². The van der Waals surface area contributed by atoms with Gasteiger partial charge in [0.1, 0.15) is 23.2 Å². The van der Waals surface area contributed by atoms with Crippen molar-refractivity contribution in [2.24, 2.45) is 0 Å². The van der Waals surface area contributed by atoms with Gasteiger partial charge in [-0.25, -0.2) is 0 Å². The Labute approximate surface area is 109 Å². The molecule has 1 fully saturated rings. The van der Waals surface area contributed by atoms with Crippen LogP contribution in [-0.2, 0) is 0 Å². The molecule has 3 nitrogen and oxygen atoms in total. The summed E-state index contributed by atoms with van der Waals surface area (Å²) < 4.78 is 11.7. The molecular formula is C15H23NO2. The number of nitrogens with one attached hydrogen (secondary N) is 1. The molecule has 1 aromatic rings. The maximum Gasteiger partial charge on any atom is 0.120 e. The Morgan fingerprint density at radius 2 is 1.78 bits per heavy atom. The fourth-order valence-electron chi connectivity index (χ4n) is 2.05. The lowest BCUT2D eigenvalue weighted by Gasteiger charge is -2.24. The highest BCUT2D eigenvalue weighted by atomic mass is 16.5. The zero-order valence-electron chi connectivity index (χ0n) is 11.5. The van der Waals surface area contributed by atoms with Crippen LogP contribution in [0.3, 0.4) is 0 Å². The highest BCUT2D eigenvalue weighted by molar-refractivity contribution is 5.31. The first kappa shape index (κ1) is 13.2. The van der Waals surface area contributed by atoms with Gasteiger partial charge >= 0.3 is 0 Å². The molecule has 1 aromatic carbocycles. The third-order valence-corrected chi connectivity index (χ3v) is 2.80. The summed E-state index contributed by atoms with van der Waals surface area (Å²) in [5.74, 6) is 1.81. The van der Waals surface area contributed by atoms with Crippen molar-refractivity contribution in [3.8, 4) is 11.5 Å². The number of rotatable bonds is 3. The van der Waals surface area contributed by atoms with Crippen molar-refractivity contribution in [3.63, 3.8) is 0 Å². The van der Waals surface area contributed by atoms with Crippen molar-refractivity contribution in [2.45, 2.75) is 45.3 Å².